The highest BCUT2D eigenvalue weighted by molar-refractivity contribution is 7.13. The quantitative estimate of drug-likeness (QED) is 0.736. The fourth-order valence-electron chi connectivity index (χ4n) is 2.82. The maximum absolute atomic E-state index is 5.49. The third-order valence-corrected chi connectivity index (χ3v) is 5.05. The second-order valence-corrected chi connectivity index (χ2v) is 6.67. The summed E-state index contributed by atoms with van der Waals surface area (Å²) in [5, 5.41) is 6.12. The molecule has 6 nitrogen and oxygen atoms in total. The van der Waals surface area contributed by atoms with E-state index in [-0.39, 0.29) is 6.04 Å². The molecular weight excluding hydrogens is 310 g/mol. The lowest BCUT2D eigenvalue weighted by Gasteiger charge is -2.30. The Morgan fingerprint density at radius 3 is 3.09 bits per heavy atom. The van der Waals surface area contributed by atoms with Gasteiger partial charge in [0.05, 0.1) is 16.6 Å². The molecule has 118 valence electrons. The average Bonchev–Trinajstić information content (AvgIpc) is 3.24. The predicted octanol–water partition coefficient (Wildman–Crippen LogP) is 3.02. The van der Waals surface area contributed by atoms with Gasteiger partial charge in [0, 0.05) is 19.3 Å². The summed E-state index contributed by atoms with van der Waals surface area (Å²) in [5.41, 5.74) is 2.34. The van der Waals surface area contributed by atoms with E-state index in [4.69, 9.17) is 4.52 Å². The molecule has 3 aromatic heterocycles. The summed E-state index contributed by atoms with van der Waals surface area (Å²) in [7, 11) is 0. The van der Waals surface area contributed by atoms with Crippen molar-refractivity contribution < 1.29 is 4.52 Å². The largest absolute Gasteiger partial charge is 0.337 e. The summed E-state index contributed by atoms with van der Waals surface area (Å²) in [5.74, 6) is 2.14. The van der Waals surface area contributed by atoms with Crippen LogP contribution in [0.5, 0.6) is 0 Å². The van der Waals surface area contributed by atoms with Crippen molar-refractivity contribution in [3.05, 3.63) is 46.7 Å². The zero-order valence-electron chi connectivity index (χ0n) is 13.1. The van der Waals surface area contributed by atoms with Crippen molar-refractivity contribution in [2.24, 2.45) is 0 Å². The molecule has 3 aromatic rings. The van der Waals surface area contributed by atoms with Crippen molar-refractivity contribution in [1.29, 1.82) is 0 Å². The van der Waals surface area contributed by atoms with Crippen LogP contribution in [0.1, 0.15) is 35.9 Å². The highest BCUT2D eigenvalue weighted by atomic mass is 32.1. The van der Waals surface area contributed by atoms with Crippen LogP contribution >= 0.6 is 11.3 Å². The molecule has 0 fully saturated rings. The Morgan fingerprint density at radius 1 is 1.35 bits per heavy atom. The van der Waals surface area contributed by atoms with E-state index in [0.29, 0.717) is 11.7 Å². The van der Waals surface area contributed by atoms with Crippen LogP contribution in [0.4, 0.5) is 0 Å². The fourth-order valence-corrected chi connectivity index (χ4v) is 3.47. The number of hydrogen-bond donors (Lipinski definition) is 0. The van der Waals surface area contributed by atoms with Crippen LogP contribution in [0.15, 0.2) is 28.2 Å². The first kappa shape index (κ1) is 14.5. The van der Waals surface area contributed by atoms with E-state index in [2.05, 4.69) is 31.9 Å². The Labute approximate surface area is 138 Å². The maximum Gasteiger partial charge on any atom is 0.244 e. The molecule has 0 radical (unpaired) electrons. The molecule has 4 rings (SSSR count). The van der Waals surface area contributed by atoms with E-state index < -0.39 is 0 Å². The summed E-state index contributed by atoms with van der Waals surface area (Å²) in [4.78, 5) is 16.8. The van der Waals surface area contributed by atoms with Gasteiger partial charge in [-0.3, -0.25) is 4.90 Å². The molecule has 0 aliphatic carbocycles. The van der Waals surface area contributed by atoms with Crippen molar-refractivity contribution in [3.8, 4) is 10.7 Å². The van der Waals surface area contributed by atoms with E-state index in [1.54, 1.807) is 11.3 Å². The Bertz CT molecular complexity index is 814. The van der Waals surface area contributed by atoms with E-state index >= 15 is 0 Å². The normalized spacial score (nSPS) is 16.3. The van der Waals surface area contributed by atoms with Crippen LogP contribution in [0.3, 0.4) is 0 Å². The number of rotatable bonds is 3. The van der Waals surface area contributed by atoms with Gasteiger partial charge < -0.3 is 4.52 Å². The van der Waals surface area contributed by atoms with Gasteiger partial charge in [0.25, 0.3) is 0 Å². The highest BCUT2D eigenvalue weighted by Gasteiger charge is 2.26. The van der Waals surface area contributed by atoms with Gasteiger partial charge in [0.15, 0.2) is 0 Å². The Morgan fingerprint density at radius 2 is 2.26 bits per heavy atom. The van der Waals surface area contributed by atoms with Gasteiger partial charge in [-0.05, 0) is 37.3 Å². The van der Waals surface area contributed by atoms with Gasteiger partial charge in [-0.15, -0.1) is 11.3 Å². The van der Waals surface area contributed by atoms with Gasteiger partial charge in [-0.2, -0.15) is 4.98 Å². The van der Waals surface area contributed by atoms with Crippen LogP contribution in [0, 0.1) is 6.92 Å². The lowest BCUT2D eigenvalue weighted by atomic mass is 10.1. The zero-order valence-corrected chi connectivity index (χ0v) is 13.9. The van der Waals surface area contributed by atoms with E-state index in [1.807, 2.05) is 30.6 Å². The molecule has 23 heavy (non-hydrogen) atoms. The highest BCUT2D eigenvalue weighted by Crippen LogP contribution is 2.28. The van der Waals surface area contributed by atoms with Crippen LogP contribution in [0.2, 0.25) is 0 Å². The molecule has 0 spiro atoms. The molecule has 1 atom stereocenters. The van der Waals surface area contributed by atoms with Crippen molar-refractivity contribution in [3.63, 3.8) is 0 Å². The summed E-state index contributed by atoms with van der Waals surface area (Å²) in [6.45, 7) is 5.76. The monoisotopic (exact) mass is 327 g/mol. The standard InChI is InChI=1S/C16H17N5OS/c1-10(16-19-15(20-22-16)14-4-3-7-23-14)21-6-5-12-8-17-11(2)18-13(12)9-21/h3-4,7-8,10H,5-6,9H2,1-2H3/t10-/m0/s1. The number of nitrogens with zero attached hydrogens (tertiary/aromatic N) is 5. The molecule has 1 aliphatic rings. The SMILES string of the molecule is Cc1ncc2c(n1)CN([C@@H](C)c1nc(-c3cccs3)no1)CC2. The number of aryl methyl sites for hydroxylation is 1. The van der Waals surface area contributed by atoms with Gasteiger partial charge in [-0.1, -0.05) is 11.2 Å². The smallest absolute Gasteiger partial charge is 0.244 e. The molecule has 0 unspecified atom stereocenters. The molecule has 0 saturated heterocycles. The Hall–Kier alpha value is -2.12. The first-order chi connectivity index (χ1) is 11.2. The second-order valence-electron chi connectivity index (χ2n) is 5.72. The van der Waals surface area contributed by atoms with Crippen LogP contribution in [0.25, 0.3) is 10.7 Å². The number of thiophene rings is 1. The summed E-state index contributed by atoms with van der Waals surface area (Å²) < 4.78 is 5.49. The molecule has 1 aliphatic heterocycles. The van der Waals surface area contributed by atoms with E-state index in [9.17, 15) is 0 Å². The van der Waals surface area contributed by atoms with Crippen molar-refractivity contribution in [1.82, 2.24) is 25.0 Å². The molecule has 4 heterocycles. The lowest BCUT2D eigenvalue weighted by Crippen LogP contribution is -2.34. The molecular formula is C16H17N5OS. The summed E-state index contributed by atoms with van der Waals surface area (Å²) in [6, 6.07) is 4.06. The minimum Gasteiger partial charge on any atom is -0.337 e. The third-order valence-electron chi connectivity index (χ3n) is 4.18. The zero-order chi connectivity index (χ0) is 15.8. The maximum atomic E-state index is 5.49. The van der Waals surface area contributed by atoms with Crippen LogP contribution < -0.4 is 0 Å². The van der Waals surface area contributed by atoms with Crippen LogP contribution in [-0.2, 0) is 13.0 Å². The third kappa shape index (κ3) is 2.77. The molecule has 0 bridgehead atoms. The number of fused-ring (bicyclic) bond motifs is 1. The van der Waals surface area contributed by atoms with E-state index in [1.165, 1.54) is 5.56 Å². The van der Waals surface area contributed by atoms with Crippen molar-refractivity contribution in [2.75, 3.05) is 6.54 Å². The van der Waals surface area contributed by atoms with E-state index in [0.717, 1.165) is 35.9 Å². The molecule has 0 saturated carbocycles. The summed E-state index contributed by atoms with van der Waals surface area (Å²) in [6.07, 6.45) is 2.90. The molecule has 0 aromatic carbocycles. The minimum absolute atomic E-state index is 0.0691. The second kappa shape index (κ2) is 5.82. The van der Waals surface area contributed by atoms with Gasteiger partial charge in [0.1, 0.15) is 5.82 Å². The van der Waals surface area contributed by atoms with Gasteiger partial charge >= 0.3 is 0 Å². The lowest BCUT2D eigenvalue weighted by molar-refractivity contribution is 0.155. The Balaban J connectivity index is 1.55. The molecule has 0 N–H and O–H groups in total. The van der Waals surface area contributed by atoms with Crippen molar-refractivity contribution >= 4 is 11.3 Å². The van der Waals surface area contributed by atoms with Crippen LogP contribution in [-0.4, -0.2) is 31.6 Å². The summed E-state index contributed by atoms with van der Waals surface area (Å²) >= 11 is 1.61. The first-order valence-electron chi connectivity index (χ1n) is 7.63. The molecule has 0 amide bonds. The molecule has 7 heteroatoms. The topological polar surface area (TPSA) is 67.9 Å². The number of aromatic nitrogens is 4. The first-order valence-corrected chi connectivity index (χ1v) is 8.51. The van der Waals surface area contributed by atoms with Gasteiger partial charge in [-0.25, -0.2) is 9.97 Å². The van der Waals surface area contributed by atoms with Gasteiger partial charge in [0.2, 0.25) is 11.7 Å². The predicted molar refractivity (Wildman–Crippen MR) is 86.9 cm³/mol. The fraction of sp³-hybridized carbons (Fsp3) is 0.375. The van der Waals surface area contributed by atoms with Crippen molar-refractivity contribution in [2.45, 2.75) is 32.9 Å². The average molecular weight is 327 g/mol. The number of hydrogen-bond acceptors (Lipinski definition) is 7. The minimum atomic E-state index is 0.0691. The Kier molecular flexibility index (Phi) is 3.66.